The van der Waals surface area contributed by atoms with Crippen molar-refractivity contribution >= 4 is 46.2 Å². The number of carbonyl (C=O) groups is 1. The number of carbonyl (C=O) groups excluding carboxylic acids is 1. The maximum absolute atomic E-state index is 12.9. The average Bonchev–Trinajstić information content (AvgIpc) is 2.92. The van der Waals surface area contributed by atoms with Crippen LogP contribution in [0.5, 0.6) is 5.75 Å². The fraction of sp³-hybridized carbons (Fsp3) is 0.111. The Kier molecular flexibility index (Phi) is 5.40. The Bertz CT molecular complexity index is 866. The van der Waals surface area contributed by atoms with Crippen LogP contribution in [0.15, 0.2) is 52.4 Å². The van der Waals surface area contributed by atoms with E-state index in [9.17, 15) is 9.18 Å². The second kappa shape index (κ2) is 7.72. The van der Waals surface area contributed by atoms with Crippen LogP contribution in [-0.4, -0.2) is 17.7 Å². The number of amidine groups is 1. The summed E-state index contributed by atoms with van der Waals surface area (Å²) in [7, 11) is 0. The fourth-order valence-electron chi connectivity index (χ4n) is 2.14. The minimum atomic E-state index is -0.333. The lowest BCUT2D eigenvalue weighted by molar-refractivity contribution is -0.115. The van der Waals surface area contributed by atoms with Crippen molar-refractivity contribution in [1.29, 1.82) is 0 Å². The highest BCUT2D eigenvalue weighted by molar-refractivity contribution is 8.18. The van der Waals surface area contributed by atoms with Crippen molar-refractivity contribution in [3.8, 4) is 5.75 Å². The van der Waals surface area contributed by atoms with E-state index in [2.05, 4.69) is 10.3 Å². The van der Waals surface area contributed by atoms with E-state index in [-0.39, 0.29) is 11.7 Å². The predicted octanol–water partition coefficient (Wildman–Crippen LogP) is 4.77. The number of benzene rings is 2. The number of hydrogen-bond donors (Lipinski definition) is 1. The van der Waals surface area contributed by atoms with Crippen molar-refractivity contribution in [2.75, 3.05) is 6.61 Å². The summed E-state index contributed by atoms with van der Waals surface area (Å²) in [6.45, 7) is 2.41. The van der Waals surface area contributed by atoms with Gasteiger partial charge in [0.2, 0.25) is 0 Å². The Hall–Kier alpha value is -2.31. The fourth-order valence-corrected chi connectivity index (χ4v) is 3.23. The molecule has 0 bridgehead atoms. The van der Waals surface area contributed by atoms with Gasteiger partial charge in [-0.15, -0.1) is 0 Å². The summed E-state index contributed by atoms with van der Waals surface area (Å²) in [6.07, 6.45) is 1.73. The Labute approximate surface area is 153 Å². The topological polar surface area (TPSA) is 50.7 Å². The molecule has 4 nitrogen and oxygen atoms in total. The number of thioether (sulfide) groups is 1. The van der Waals surface area contributed by atoms with Crippen LogP contribution in [0.25, 0.3) is 6.08 Å². The summed E-state index contributed by atoms with van der Waals surface area (Å²) in [6, 6.07) is 11.1. The first kappa shape index (κ1) is 17.5. The van der Waals surface area contributed by atoms with Crippen molar-refractivity contribution < 1.29 is 13.9 Å². The highest BCUT2D eigenvalue weighted by Gasteiger charge is 2.23. The van der Waals surface area contributed by atoms with Gasteiger partial charge in [0.15, 0.2) is 5.17 Å². The van der Waals surface area contributed by atoms with Crippen LogP contribution in [0.4, 0.5) is 10.1 Å². The lowest BCUT2D eigenvalue weighted by atomic mass is 10.2. The second-order valence-electron chi connectivity index (χ2n) is 5.08. The zero-order valence-corrected chi connectivity index (χ0v) is 14.8. The van der Waals surface area contributed by atoms with Crippen LogP contribution < -0.4 is 10.1 Å². The number of rotatable bonds is 4. The van der Waals surface area contributed by atoms with E-state index >= 15 is 0 Å². The van der Waals surface area contributed by atoms with Crippen LogP contribution >= 0.6 is 23.4 Å². The molecular weight excluding hydrogens is 363 g/mol. The van der Waals surface area contributed by atoms with Gasteiger partial charge in [-0.05, 0) is 66.7 Å². The van der Waals surface area contributed by atoms with Gasteiger partial charge in [0.1, 0.15) is 11.6 Å². The zero-order chi connectivity index (χ0) is 17.8. The van der Waals surface area contributed by atoms with Gasteiger partial charge >= 0.3 is 0 Å². The second-order valence-corrected chi connectivity index (χ2v) is 6.52. The molecule has 0 unspecified atom stereocenters. The molecule has 2 aromatic carbocycles. The summed E-state index contributed by atoms with van der Waals surface area (Å²) in [5, 5.41) is 3.62. The summed E-state index contributed by atoms with van der Waals surface area (Å²) in [5.41, 5.74) is 1.35. The third-order valence-corrected chi connectivity index (χ3v) is 4.47. The van der Waals surface area contributed by atoms with Crippen LogP contribution in [0, 0.1) is 5.82 Å². The summed E-state index contributed by atoms with van der Waals surface area (Å²) >= 11 is 7.38. The number of halogens is 2. The van der Waals surface area contributed by atoms with E-state index < -0.39 is 0 Å². The van der Waals surface area contributed by atoms with Crippen molar-refractivity contribution in [3.05, 3.63) is 63.8 Å². The molecule has 0 atom stereocenters. The van der Waals surface area contributed by atoms with Crippen LogP contribution in [-0.2, 0) is 4.79 Å². The maximum Gasteiger partial charge on any atom is 0.264 e. The molecule has 1 saturated heterocycles. The van der Waals surface area contributed by atoms with Gasteiger partial charge in [-0.3, -0.25) is 4.79 Å². The van der Waals surface area contributed by atoms with Crippen molar-refractivity contribution in [3.63, 3.8) is 0 Å². The largest absolute Gasteiger partial charge is 0.492 e. The van der Waals surface area contributed by atoms with Gasteiger partial charge in [0.25, 0.3) is 5.91 Å². The van der Waals surface area contributed by atoms with E-state index in [0.717, 1.165) is 5.56 Å². The summed E-state index contributed by atoms with van der Waals surface area (Å²) < 4.78 is 18.3. The van der Waals surface area contributed by atoms with Crippen molar-refractivity contribution in [2.24, 2.45) is 4.99 Å². The predicted molar refractivity (Wildman–Crippen MR) is 99.8 cm³/mol. The molecule has 128 valence electrons. The molecule has 1 fully saturated rings. The first-order valence-electron chi connectivity index (χ1n) is 7.52. The Morgan fingerprint density at radius 1 is 1.28 bits per heavy atom. The molecular formula is C18H14ClFN2O2S. The number of nitrogens with zero attached hydrogens (tertiary/aromatic N) is 1. The smallest absolute Gasteiger partial charge is 0.264 e. The number of ether oxygens (including phenoxy) is 1. The van der Waals surface area contributed by atoms with Gasteiger partial charge in [0.05, 0.1) is 22.2 Å². The number of hydrogen-bond acceptors (Lipinski definition) is 4. The van der Waals surface area contributed by atoms with Crippen molar-refractivity contribution in [1.82, 2.24) is 5.32 Å². The minimum Gasteiger partial charge on any atom is -0.492 e. The monoisotopic (exact) mass is 376 g/mol. The molecule has 25 heavy (non-hydrogen) atoms. The van der Waals surface area contributed by atoms with Gasteiger partial charge in [-0.2, -0.15) is 0 Å². The minimum absolute atomic E-state index is 0.240. The quantitative estimate of drug-likeness (QED) is 0.782. The maximum atomic E-state index is 12.9. The number of aliphatic imine (C=N–C) groups is 1. The lowest BCUT2D eigenvalue weighted by Gasteiger charge is -2.05. The summed E-state index contributed by atoms with van der Waals surface area (Å²) in [5.74, 6) is 0.0318. The van der Waals surface area contributed by atoms with E-state index in [4.69, 9.17) is 16.3 Å². The first-order valence-corrected chi connectivity index (χ1v) is 8.72. The highest BCUT2D eigenvalue weighted by Crippen LogP contribution is 2.31. The average molecular weight is 377 g/mol. The molecule has 1 amide bonds. The normalized spacial score (nSPS) is 17.2. The third-order valence-electron chi connectivity index (χ3n) is 3.26. The lowest BCUT2D eigenvalue weighted by Crippen LogP contribution is -2.19. The van der Waals surface area contributed by atoms with Crippen LogP contribution in [0.1, 0.15) is 12.5 Å². The molecule has 0 saturated carbocycles. The van der Waals surface area contributed by atoms with E-state index in [1.807, 2.05) is 13.0 Å². The molecule has 7 heteroatoms. The molecule has 0 aliphatic carbocycles. The van der Waals surface area contributed by atoms with Crippen molar-refractivity contribution in [2.45, 2.75) is 6.92 Å². The molecule has 0 spiro atoms. The standard InChI is InChI=1S/C18H14ClFN2O2S/c1-2-24-15-8-3-11(9-14(15)19)10-16-17(23)22-18(25-16)21-13-6-4-12(20)5-7-13/h3-10H,2H2,1H3,(H,21,22,23)/b16-10+. The van der Waals surface area contributed by atoms with Gasteiger partial charge < -0.3 is 10.1 Å². The molecule has 1 heterocycles. The molecule has 1 aliphatic heterocycles. The Morgan fingerprint density at radius 2 is 2.04 bits per heavy atom. The SMILES string of the molecule is CCOc1ccc(/C=C2/SC(=Nc3ccc(F)cc3)NC2=O)cc1Cl. The van der Waals surface area contributed by atoms with Crippen LogP contribution in [0.2, 0.25) is 5.02 Å². The van der Waals surface area contributed by atoms with Gasteiger partial charge in [-0.1, -0.05) is 17.7 Å². The number of amides is 1. The number of nitrogens with one attached hydrogen (secondary N) is 1. The van der Waals surface area contributed by atoms with Gasteiger partial charge in [0, 0.05) is 0 Å². The first-order chi connectivity index (χ1) is 12.0. The van der Waals surface area contributed by atoms with E-state index in [0.29, 0.717) is 33.1 Å². The van der Waals surface area contributed by atoms with Gasteiger partial charge in [-0.25, -0.2) is 9.38 Å². The Morgan fingerprint density at radius 3 is 2.72 bits per heavy atom. The molecule has 2 aromatic rings. The summed E-state index contributed by atoms with van der Waals surface area (Å²) in [4.78, 5) is 16.9. The van der Waals surface area contributed by atoms with Crippen LogP contribution in [0.3, 0.4) is 0 Å². The zero-order valence-electron chi connectivity index (χ0n) is 13.3. The molecule has 3 rings (SSSR count). The Balaban J connectivity index is 1.79. The molecule has 1 aliphatic rings. The van der Waals surface area contributed by atoms with E-state index in [1.54, 1.807) is 30.3 Å². The molecule has 0 aromatic heterocycles. The molecule has 1 N–H and O–H groups in total. The molecule has 0 radical (unpaired) electrons. The third kappa shape index (κ3) is 4.41. The highest BCUT2D eigenvalue weighted by atomic mass is 35.5. The van der Waals surface area contributed by atoms with E-state index in [1.165, 1.54) is 23.9 Å².